The summed E-state index contributed by atoms with van der Waals surface area (Å²) in [5.74, 6) is 0. The highest BCUT2D eigenvalue weighted by Gasteiger charge is 2.19. The van der Waals surface area contributed by atoms with Gasteiger partial charge in [-0.15, -0.1) is 11.8 Å². The second-order valence-corrected chi connectivity index (χ2v) is 4.79. The van der Waals surface area contributed by atoms with E-state index in [1.807, 2.05) is 30.8 Å². The number of carbonyl (C=O) groups is 1. The molecule has 1 aromatic carbocycles. The number of hydrogen-bond donors (Lipinski definition) is 0. The molecule has 0 spiro atoms. The van der Waals surface area contributed by atoms with Crippen molar-refractivity contribution in [1.82, 2.24) is 0 Å². The third-order valence-corrected chi connectivity index (χ3v) is 3.41. The highest BCUT2D eigenvalue weighted by molar-refractivity contribution is 8.00. The first kappa shape index (κ1) is 9.74. The summed E-state index contributed by atoms with van der Waals surface area (Å²) in [6, 6.07) is 5.94. The van der Waals surface area contributed by atoms with Gasteiger partial charge in [0.1, 0.15) is 6.29 Å². The van der Waals surface area contributed by atoms with E-state index in [2.05, 4.69) is 6.07 Å². The fraction of sp³-hybridized carbons (Fsp3) is 0.364. The summed E-state index contributed by atoms with van der Waals surface area (Å²) in [6.45, 7) is 3.66. The zero-order valence-electron chi connectivity index (χ0n) is 8.03. The Kier molecular flexibility index (Phi) is 2.89. The summed E-state index contributed by atoms with van der Waals surface area (Å²) in [7, 11) is 0. The van der Waals surface area contributed by atoms with E-state index in [4.69, 9.17) is 4.74 Å². The van der Waals surface area contributed by atoms with E-state index in [1.54, 1.807) is 0 Å². The summed E-state index contributed by atoms with van der Waals surface area (Å²) in [6.07, 6.45) is 0.899. The third kappa shape index (κ3) is 1.99. The summed E-state index contributed by atoms with van der Waals surface area (Å²) in [5.41, 5.74) is 1.82. The Labute approximate surface area is 87.6 Å². The van der Waals surface area contributed by atoms with Crippen molar-refractivity contribution in [2.24, 2.45) is 0 Å². The van der Waals surface area contributed by atoms with Crippen LogP contribution in [0.25, 0.3) is 0 Å². The molecule has 0 saturated carbocycles. The van der Waals surface area contributed by atoms with Gasteiger partial charge < -0.3 is 4.74 Å². The van der Waals surface area contributed by atoms with Crippen LogP contribution in [0.2, 0.25) is 0 Å². The minimum atomic E-state index is 0.594. The Morgan fingerprint density at radius 3 is 2.79 bits per heavy atom. The highest BCUT2D eigenvalue weighted by atomic mass is 32.2. The average molecular weight is 208 g/mol. The van der Waals surface area contributed by atoms with Gasteiger partial charge in [-0.3, -0.25) is 4.79 Å². The first-order valence-corrected chi connectivity index (χ1v) is 5.48. The number of ether oxygens (including phenoxy) is 1. The highest BCUT2D eigenvalue weighted by Crippen LogP contribution is 2.28. The summed E-state index contributed by atoms with van der Waals surface area (Å²) in [5, 5.41) is 0.594. The van der Waals surface area contributed by atoms with Crippen LogP contribution in [-0.4, -0.2) is 24.7 Å². The van der Waals surface area contributed by atoms with Gasteiger partial charge >= 0.3 is 0 Å². The Morgan fingerprint density at radius 2 is 2.29 bits per heavy atom. The molecule has 1 aliphatic rings. The zero-order valence-corrected chi connectivity index (χ0v) is 8.84. The molecule has 14 heavy (non-hydrogen) atoms. The number of aryl methyl sites for hydroxylation is 1. The number of aldehydes is 1. The number of carbonyl (C=O) groups excluding carboxylic acids is 1. The van der Waals surface area contributed by atoms with Crippen LogP contribution in [0.15, 0.2) is 23.1 Å². The van der Waals surface area contributed by atoms with Gasteiger partial charge in [0.05, 0.1) is 18.5 Å². The monoisotopic (exact) mass is 208 g/mol. The average Bonchev–Trinajstić information content (AvgIpc) is 2.12. The van der Waals surface area contributed by atoms with Crippen LogP contribution in [0.5, 0.6) is 0 Å². The molecule has 74 valence electrons. The Balaban J connectivity index is 2.10. The largest absolute Gasteiger partial charge is 0.379 e. The van der Waals surface area contributed by atoms with Gasteiger partial charge in [-0.2, -0.15) is 0 Å². The lowest BCUT2D eigenvalue weighted by atomic mass is 10.1. The summed E-state index contributed by atoms with van der Waals surface area (Å²) >= 11 is 1.82. The number of benzene rings is 1. The molecule has 0 N–H and O–H groups in total. The molecule has 1 fully saturated rings. The smallest absolute Gasteiger partial charge is 0.150 e. The molecule has 0 amide bonds. The Bertz CT molecular complexity index is 345. The molecule has 2 rings (SSSR count). The maximum Gasteiger partial charge on any atom is 0.150 e. The van der Waals surface area contributed by atoms with Crippen molar-refractivity contribution in [1.29, 1.82) is 0 Å². The fourth-order valence-electron chi connectivity index (χ4n) is 1.33. The van der Waals surface area contributed by atoms with Crippen molar-refractivity contribution < 1.29 is 9.53 Å². The predicted molar refractivity (Wildman–Crippen MR) is 57.0 cm³/mol. The predicted octanol–water partition coefficient (Wildman–Crippen LogP) is 2.30. The lowest BCUT2D eigenvalue weighted by Gasteiger charge is -2.25. The molecule has 2 nitrogen and oxygen atoms in total. The van der Waals surface area contributed by atoms with E-state index < -0.39 is 0 Å². The van der Waals surface area contributed by atoms with Gasteiger partial charge in [0, 0.05) is 10.5 Å². The molecular weight excluding hydrogens is 196 g/mol. The normalized spacial score (nSPS) is 16.4. The minimum Gasteiger partial charge on any atom is -0.379 e. The maximum absolute atomic E-state index is 10.6. The second-order valence-electron chi connectivity index (χ2n) is 3.41. The van der Waals surface area contributed by atoms with Gasteiger partial charge in [0.15, 0.2) is 0 Å². The van der Waals surface area contributed by atoms with E-state index >= 15 is 0 Å². The fourth-order valence-corrected chi connectivity index (χ4v) is 2.43. The van der Waals surface area contributed by atoms with Crippen LogP contribution in [-0.2, 0) is 4.74 Å². The first-order chi connectivity index (χ1) is 6.79. The van der Waals surface area contributed by atoms with E-state index in [0.717, 1.165) is 30.6 Å². The van der Waals surface area contributed by atoms with Crippen LogP contribution in [0.4, 0.5) is 0 Å². The van der Waals surface area contributed by atoms with E-state index in [9.17, 15) is 4.79 Å². The molecule has 1 aromatic rings. The standard InChI is InChI=1S/C11H12O2S/c1-8-4-10(3-2-9(8)5-12)14-11-6-13-7-11/h2-5,11H,6-7H2,1H3. The number of hydrogen-bond acceptors (Lipinski definition) is 3. The van der Waals surface area contributed by atoms with Crippen molar-refractivity contribution >= 4 is 18.0 Å². The van der Waals surface area contributed by atoms with Crippen LogP contribution in [0.1, 0.15) is 15.9 Å². The molecule has 1 aliphatic heterocycles. The first-order valence-electron chi connectivity index (χ1n) is 4.60. The van der Waals surface area contributed by atoms with Crippen molar-refractivity contribution in [2.75, 3.05) is 13.2 Å². The molecule has 1 heterocycles. The Morgan fingerprint density at radius 1 is 1.50 bits per heavy atom. The van der Waals surface area contributed by atoms with Crippen molar-refractivity contribution in [3.05, 3.63) is 29.3 Å². The van der Waals surface area contributed by atoms with E-state index in [1.165, 1.54) is 4.90 Å². The molecular formula is C11H12O2S. The SMILES string of the molecule is Cc1cc(SC2COC2)ccc1C=O. The van der Waals surface area contributed by atoms with Crippen LogP contribution < -0.4 is 0 Å². The molecule has 0 radical (unpaired) electrons. The summed E-state index contributed by atoms with van der Waals surface area (Å²) < 4.78 is 5.11. The second kappa shape index (κ2) is 4.15. The van der Waals surface area contributed by atoms with Gasteiger partial charge in [-0.25, -0.2) is 0 Å². The minimum absolute atomic E-state index is 0.594. The molecule has 1 saturated heterocycles. The van der Waals surface area contributed by atoms with Crippen LogP contribution in [0, 0.1) is 6.92 Å². The molecule has 0 aliphatic carbocycles. The molecule has 0 unspecified atom stereocenters. The third-order valence-electron chi connectivity index (χ3n) is 2.28. The molecule has 0 atom stereocenters. The molecule has 0 aromatic heterocycles. The van der Waals surface area contributed by atoms with Crippen molar-refractivity contribution in [3.63, 3.8) is 0 Å². The Hall–Kier alpha value is -0.800. The van der Waals surface area contributed by atoms with Crippen LogP contribution in [0.3, 0.4) is 0 Å². The number of thioether (sulfide) groups is 1. The quantitative estimate of drug-likeness (QED) is 0.713. The molecule has 0 bridgehead atoms. The van der Waals surface area contributed by atoms with E-state index in [0.29, 0.717) is 5.25 Å². The number of rotatable bonds is 3. The lowest BCUT2D eigenvalue weighted by Crippen LogP contribution is -2.30. The van der Waals surface area contributed by atoms with E-state index in [-0.39, 0.29) is 0 Å². The van der Waals surface area contributed by atoms with Crippen molar-refractivity contribution in [3.8, 4) is 0 Å². The van der Waals surface area contributed by atoms with Gasteiger partial charge in [0.2, 0.25) is 0 Å². The maximum atomic E-state index is 10.6. The summed E-state index contributed by atoms with van der Waals surface area (Å²) in [4.78, 5) is 11.8. The van der Waals surface area contributed by atoms with Gasteiger partial charge in [0.25, 0.3) is 0 Å². The lowest BCUT2D eigenvalue weighted by molar-refractivity contribution is 0.0455. The zero-order chi connectivity index (χ0) is 9.97. The van der Waals surface area contributed by atoms with Crippen molar-refractivity contribution in [2.45, 2.75) is 17.1 Å². The van der Waals surface area contributed by atoms with Crippen LogP contribution >= 0.6 is 11.8 Å². The van der Waals surface area contributed by atoms with Gasteiger partial charge in [-0.05, 0) is 24.6 Å². The topological polar surface area (TPSA) is 26.3 Å². The molecule has 3 heteroatoms. The van der Waals surface area contributed by atoms with Gasteiger partial charge in [-0.1, -0.05) is 6.07 Å².